The van der Waals surface area contributed by atoms with E-state index in [1.54, 1.807) is 12.0 Å². The maximum Gasteiger partial charge on any atom is 0.313 e. The number of aliphatic carboxylic acids is 1. The van der Waals surface area contributed by atoms with E-state index < -0.39 is 11.4 Å². The van der Waals surface area contributed by atoms with Gasteiger partial charge in [0.25, 0.3) is 5.91 Å². The van der Waals surface area contributed by atoms with Gasteiger partial charge >= 0.3 is 5.97 Å². The molecule has 1 atom stereocenters. The van der Waals surface area contributed by atoms with Gasteiger partial charge in [0, 0.05) is 24.9 Å². The largest absolute Gasteiger partial charge is 0.497 e. The molecule has 26 heavy (non-hydrogen) atoms. The van der Waals surface area contributed by atoms with Crippen molar-refractivity contribution in [2.45, 2.75) is 19.8 Å². The molecule has 3 rings (SSSR count). The van der Waals surface area contributed by atoms with Crippen LogP contribution in [0.5, 0.6) is 5.75 Å². The summed E-state index contributed by atoms with van der Waals surface area (Å²) in [6.45, 7) is 2.77. The maximum absolute atomic E-state index is 13.1. The summed E-state index contributed by atoms with van der Waals surface area (Å²) in [5, 5.41) is 10.7. The highest BCUT2D eigenvalue weighted by Crippen LogP contribution is 2.36. The first-order chi connectivity index (χ1) is 12.4. The molecule has 1 fully saturated rings. The average molecular weight is 377 g/mol. The van der Waals surface area contributed by atoms with Crippen molar-refractivity contribution in [1.82, 2.24) is 4.90 Å². The lowest BCUT2D eigenvalue weighted by molar-refractivity contribution is -0.155. The Kier molecular flexibility index (Phi) is 5.20. The van der Waals surface area contributed by atoms with Crippen LogP contribution >= 0.6 is 11.3 Å². The SMILES string of the molecule is COCC1(C(=O)O)CCCN(C(=O)c2sc3ccc(OC)cc3c2C)C1. The number of fused-ring (bicyclic) bond motifs is 1. The zero-order valence-electron chi connectivity index (χ0n) is 15.2. The Labute approximate surface area is 156 Å². The van der Waals surface area contributed by atoms with E-state index in [4.69, 9.17) is 9.47 Å². The van der Waals surface area contributed by atoms with Crippen molar-refractivity contribution < 1.29 is 24.2 Å². The number of methoxy groups -OCH3 is 2. The summed E-state index contributed by atoms with van der Waals surface area (Å²) in [4.78, 5) is 27.3. The van der Waals surface area contributed by atoms with Gasteiger partial charge in [-0.3, -0.25) is 9.59 Å². The van der Waals surface area contributed by atoms with Gasteiger partial charge in [-0.15, -0.1) is 11.3 Å². The van der Waals surface area contributed by atoms with Crippen LogP contribution in [0.1, 0.15) is 28.1 Å². The lowest BCUT2D eigenvalue weighted by atomic mass is 9.80. The number of nitrogens with zero attached hydrogens (tertiary/aromatic N) is 1. The third-order valence-corrected chi connectivity index (χ3v) is 6.34. The number of carboxylic acids is 1. The van der Waals surface area contributed by atoms with Gasteiger partial charge in [0.2, 0.25) is 0 Å². The predicted molar refractivity (Wildman–Crippen MR) is 100 cm³/mol. The van der Waals surface area contributed by atoms with Gasteiger partial charge in [0.05, 0.1) is 18.6 Å². The van der Waals surface area contributed by atoms with Gasteiger partial charge in [-0.1, -0.05) is 0 Å². The molecule has 140 valence electrons. The van der Waals surface area contributed by atoms with Gasteiger partial charge in [0.1, 0.15) is 11.2 Å². The highest BCUT2D eigenvalue weighted by molar-refractivity contribution is 7.21. The Bertz CT molecular complexity index is 842. The number of hydrogen-bond donors (Lipinski definition) is 1. The third-order valence-electron chi connectivity index (χ3n) is 5.08. The fraction of sp³-hybridized carbons (Fsp3) is 0.474. The molecular formula is C19H23NO5S. The maximum atomic E-state index is 13.1. The summed E-state index contributed by atoms with van der Waals surface area (Å²) in [5.74, 6) is -0.265. The zero-order valence-corrected chi connectivity index (χ0v) is 16.0. The lowest BCUT2D eigenvalue weighted by Gasteiger charge is -2.39. The van der Waals surface area contributed by atoms with Crippen molar-refractivity contribution >= 4 is 33.3 Å². The Morgan fingerprint density at radius 1 is 1.35 bits per heavy atom. The number of rotatable bonds is 5. The Hall–Kier alpha value is -2.12. The minimum absolute atomic E-state index is 0.106. The molecule has 2 heterocycles. The molecule has 1 aliphatic heterocycles. The van der Waals surface area contributed by atoms with Gasteiger partial charge < -0.3 is 19.5 Å². The number of ether oxygens (including phenoxy) is 2. The van der Waals surface area contributed by atoms with Gasteiger partial charge in [-0.25, -0.2) is 0 Å². The molecule has 0 aliphatic carbocycles. The summed E-state index contributed by atoms with van der Waals surface area (Å²) < 4.78 is 11.4. The summed E-state index contributed by atoms with van der Waals surface area (Å²) in [7, 11) is 3.11. The number of hydrogen-bond acceptors (Lipinski definition) is 5. The van der Waals surface area contributed by atoms with Crippen molar-refractivity contribution in [1.29, 1.82) is 0 Å². The molecule has 1 saturated heterocycles. The van der Waals surface area contributed by atoms with E-state index in [-0.39, 0.29) is 19.1 Å². The topological polar surface area (TPSA) is 76.1 Å². The van der Waals surface area contributed by atoms with Crippen LogP contribution in [0, 0.1) is 12.3 Å². The molecule has 1 aromatic carbocycles. The summed E-state index contributed by atoms with van der Waals surface area (Å²) in [6, 6.07) is 5.76. The predicted octanol–water partition coefficient (Wildman–Crippen LogP) is 3.17. The summed E-state index contributed by atoms with van der Waals surface area (Å²) >= 11 is 1.44. The quantitative estimate of drug-likeness (QED) is 0.866. The molecular weight excluding hydrogens is 354 g/mol. The van der Waals surface area contributed by atoms with E-state index in [0.29, 0.717) is 24.3 Å². The first-order valence-electron chi connectivity index (χ1n) is 8.50. The Balaban J connectivity index is 1.92. The molecule has 6 nitrogen and oxygen atoms in total. The van der Waals surface area contributed by atoms with Gasteiger partial charge in [-0.05, 0) is 48.9 Å². The van der Waals surface area contributed by atoms with E-state index in [9.17, 15) is 14.7 Å². The van der Waals surface area contributed by atoms with Crippen LogP contribution in [0.2, 0.25) is 0 Å². The minimum atomic E-state index is -1.03. The van der Waals surface area contributed by atoms with Crippen LogP contribution in [0.4, 0.5) is 0 Å². The van der Waals surface area contributed by atoms with Gasteiger partial charge in [-0.2, -0.15) is 0 Å². The first kappa shape index (κ1) is 18.7. The molecule has 7 heteroatoms. The molecule has 1 aliphatic rings. The van der Waals surface area contributed by atoms with Crippen molar-refractivity contribution in [3.05, 3.63) is 28.6 Å². The number of carbonyl (C=O) groups excluding carboxylic acids is 1. The van der Waals surface area contributed by atoms with Crippen molar-refractivity contribution in [2.24, 2.45) is 5.41 Å². The molecule has 0 saturated carbocycles. The average Bonchev–Trinajstić information content (AvgIpc) is 2.97. The monoisotopic (exact) mass is 377 g/mol. The fourth-order valence-corrected chi connectivity index (χ4v) is 4.77. The third kappa shape index (κ3) is 3.17. The molecule has 2 aromatic rings. The second kappa shape index (κ2) is 7.25. The summed E-state index contributed by atoms with van der Waals surface area (Å²) in [6.07, 6.45) is 1.17. The summed E-state index contributed by atoms with van der Waals surface area (Å²) in [5.41, 5.74) is -0.122. The van der Waals surface area contributed by atoms with Crippen molar-refractivity contribution in [3.8, 4) is 5.75 Å². The van der Waals surface area contributed by atoms with Crippen molar-refractivity contribution in [3.63, 3.8) is 0 Å². The van der Waals surface area contributed by atoms with E-state index >= 15 is 0 Å². The molecule has 1 N–H and O–H groups in total. The number of piperidine rings is 1. The molecule has 0 bridgehead atoms. The normalized spacial score (nSPS) is 20.3. The number of likely N-dealkylation sites (tertiary alicyclic amines) is 1. The van der Waals surface area contributed by atoms with Crippen LogP contribution < -0.4 is 4.74 Å². The lowest BCUT2D eigenvalue weighted by Crippen LogP contribution is -2.52. The zero-order chi connectivity index (χ0) is 18.9. The fourth-order valence-electron chi connectivity index (χ4n) is 3.61. The van der Waals surface area contributed by atoms with Crippen LogP contribution in [-0.4, -0.2) is 55.8 Å². The van der Waals surface area contributed by atoms with E-state index in [1.807, 2.05) is 25.1 Å². The highest BCUT2D eigenvalue weighted by atomic mass is 32.1. The second-order valence-corrected chi connectivity index (χ2v) is 7.82. The number of aryl methyl sites for hydroxylation is 1. The number of carboxylic acid groups (broad SMARTS) is 1. The van der Waals surface area contributed by atoms with Crippen LogP contribution in [-0.2, 0) is 9.53 Å². The van der Waals surface area contributed by atoms with Crippen molar-refractivity contribution in [2.75, 3.05) is 33.9 Å². The Morgan fingerprint density at radius 3 is 2.77 bits per heavy atom. The molecule has 1 aromatic heterocycles. The minimum Gasteiger partial charge on any atom is -0.497 e. The standard InChI is InChI=1S/C19H23NO5S/c1-12-14-9-13(25-3)5-6-15(14)26-16(12)17(21)20-8-4-7-19(10-20,11-24-2)18(22)23/h5-6,9H,4,7-8,10-11H2,1-3H3,(H,22,23). The number of carbonyl (C=O) groups is 2. The molecule has 0 radical (unpaired) electrons. The number of benzene rings is 1. The first-order valence-corrected chi connectivity index (χ1v) is 9.32. The number of thiophene rings is 1. The number of amides is 1. The van der Waals surface area contributed by atoms with Crippen LogP contribution in [0.15, 0.2) is 18.2 Å². The highest BCUT2D eigenvalue weighted by Gasteiger charge is 2.44. The van der Waals surface area contributed by atoms with Crippen LogP contribution in [0.25, 0.3) is 10.1 Å². The molecule has 1 unspecified atom stereocenters. The smallest absolute Gasteiger partial charge is 0.313 e. The van der Waals surface area contributed by atoms with E-state index in [2.05, 4.69) is 0 Å². The molecule has 1 amide bonds. The van der Waals surface area contributed by atoms with E-state index in [0.717, 1.165) is 21.4 Å². The Morgan fingerprint density at radius 2 is 2.12 bits per heavy atom. The second-order valence-electron chi connectivity index (χ2n) is 6.77. The molecule has 0 spiro atoms. The van der Waals surface area contributed by atoms with Crippen LogP contribution in [0.3, 0.4) is 0 Å². The van der Waals surface area contributed by atoms with Gasteiger partial charge in [0.15, 0.2) is 0 Å². The van der Waals surface area contributed by atoms with E-state index in [1.165, 1.54) is 18.4 Å².